The molecule has 0 aliphatic rings. The Morgan fingerprint density at radius 2 is 1.21 bits per heavy atom. The Bertz CT molecular complexity index is 872. The van der Waals surface area contributed by atoms with Gasteiger partial charge in [-0.05, 0) is 93.5 Å². The molecule has 43 heavy (non-hydrogen) atoms. The van der Waals surface area contributed by atoms with Crippen molar-refractivity contribution in [1.29, 1.82) is 0 Å². The molecule has 12 heteroatoms. The molecule has 0 aliphatic carbocycles. The number of hydrogen-bond acceptors (Lipinski definition) is 8. The van der Waals surface area contributed by atoms with Gasteiger partial charge in [0.05, 0.1) is 24.9 Å². The number of halogens is 2. The monoisotopic (exact) mass is 692 g/mol. The van der Waals surface area contributed by atoms with Gasteiger partial charge in [-0.1, -0.05) is 34.1 Å². The summed E-state index contributed by atoms with van der Waals surface area (Å²) in [7, 11) is -2.37. The Morgan fingerprint density at radius 3 is 1.63 bits per heavy atom. The number of esters is 2. The normalized spacial score (nSPS) is 13.9. The average molecular weight is 694 g/mol. The smallest absolute Gasteiger partial charge is 0.306 e. The predicted molar refractivity (Wildman–Crippen MR) is 183 cm³/mol. The molecule has 0 heterocycles. The number of carbonyl (C=O) groups excluding carboxylic acids is 4. The minimum atomic E-state index is -1.42. The fourth-order valence-corrected chi connectivity index (χ4v) is 8.84. The van der Waals surface area contributed by atoms with Gasteiger partial charge in [0.15, 0.2) is 0 Å². The summed E-state index contributed by atoms with van der Waals surface area (Å²) in [4.78, 5) is 46.2. The lowest BCUT2D eigenvalue weighted by molar-refractivity contribution is -0.158. The van der Waals surface area contributed by atoms with Crippen molar-refractivity contribution in [3.8, 4) is 0 Å². The second-order valence-corrected chi connectivity index (χ2v) is 22.2. The quantitative estimate of drug-likeness (QED) is 0.0575. The Labute approximate surface area is 274 Å². The van der Waals surface area contributed by atoms with Crippen molar-refractivity contribution in [2.24, 2.45) is 5.41 Å². The van der Waals surface area contributed by atoms with Gasteiger partial charge in [0.2, 0.25) is 10.5 Å². The van der Waals surface area contributed by atoms with Gasteiger partial charge >= 0.3 is 11.9 Å². The van der Waals surface area contributed by atoms with Crippen molar-refractivity contribution in [3.63, 3.8) is 0 Å². The van der Waals surface area contributed by atoms with E-state index in [9.17, 15) is 19.2 Å². The third-order valence-corrected chi connectivity index (χ3v) is 16.7. The molecule has 0 spiro atoms. The van der Waals surface area contributed by atoms with Gasteiger partial charge in [-0.2, -0.15) is 0 Å². The third-order valence-electron chi connectivity index (χ3n) is 8.43. The van der Waals surface area contributed by atoms with Crippen LogP contribution in [0.25, 0.3) is 0 Å². The zero-order valence-corrected chi connectivity index (χ0v) is 31.4. The lowest BCUT2D eigenvalue weighted by atomic mass is 9.88. The molecule has 0 rings (SSSR count). The Morgan fingerprint density at radius 1 is 0.721 bits per heavy atom. The van der Waals surface area contributed by atoms with E-state index in [0.29, 0.717) is 13.0 Å². The molecule has 0 aromatic carbocycles. The van der Waals surface area contributed by atoms with Gasteiger partial charge in [-0.25, -0.2) is 10.0 Å². The largest absolute Gasteiger partial charge is 0.465 e. The summed E-state index contributed by atoms with van der Waals surface area (Å²) in [6.45, 7) is 13.7. The zero-order chi connectivity index (χ0) is 33.5. The molecule has 0 amide bonds. The molecule has 0 saturated carbocycles. The molecule has 0 aromatic heterocycles. The molecule has 0 aliphatic heterocycles. The number of ether oxygens (including phenoxy) is 3. The molecule has 0 N–H and O–H groups in total. The van der Waals surface area contributed by atoms with Crippen molar-refractivity contribution < 1.29 is 37.6 Å². The van der Waals surface area contributed by atoms with Gasteiger partial charge in [-0.15, -0.1) is 10.3 Å². The fourth-order valence-electron chi connectivity index (χ4n) is 4.04. The fraction of sp³-hybridized carbons (Fsp3) is 0.871. The van der Waals surface area contributed by atoms with Gasteiger partial charge in [0, 0.05) is 24.2 Å². The maximum absolute atomic E-state index is 12.2. The van der Waals surface area contributed by atoms with Crippen molar-refractivity contribution in [2.45, 2.75) is 109 Å². The zero-order valence-electron chi connectivity index (χ0n) is 28.2. The topological polar surface area (TPSA) is 105 Å². The SMILES string of the molecule is CCCCS(C)(C)C(C)(C)OS(C)(C)C(C)(C)CCCOCC(CC)(COC(=O)CCC(=O)Cl)COC(=O)CCC(=O)Cl. The van der Waals surface area contributed by atoms with E-state index in [1.165, 1.54) is 18.6 Å². The van der Waals surface area contributed by atoms with Crippen LogP contribution < -0.4 is 0 Å². The lowest BCUT2D eigenvalue weighted by Gasteiger charge is -2.56. The molecular formula is C31H58Cl2O8S2. The van der Waals surface area contributed by atoms with Crippen molar-refractivity contribution in [1.82, 2.24) is 0 Å². The summed E-state index contributed by atoms with van der Waals surface area (Å²) < 4.78 is 23.9. The maximum atomic E-state index is 12.2. The first-order valence-corrected chi connectivity index (χ1v) is 20.8. The van der Waals surface area contributed by atoms with Crippen LogP contribution in [-0.2, 0) is 37.6 Å². The van der Waals surface area contributed by atoms with Gasteiger partial charge in [0.1, 0.15) is 18.1 Å². The molecule has 0 fully saturated rings. The average Bonchev–Trinajstić information content (AvgIpc) is 2.89. The molecule has 0 atom stereocenters. The molecule has 0 radical (unpaired) electrons. The standard InChI is InChI=1S/C31H58Cl2O8S2/c1-11-13-21-42(7,8)30(5,6)41-43(9,10)29(3,4)19-14-20-38-22-31(12-2,23-39-27(36)17-15-25(32)34)24-40-28(37)18-16-26(33)35/h11-24H2,1-10H3. The number of rotatable bonds is 24. The summed E-state index contributed by atoms with van der Waals surface area (Å²) in [5, 5.41) is -1.23. The number of carbonyl (C=O) groups is 4. The van der Waals surface area contributed by atoms with Crippen LogP contribution in [0.2, 0.25) is 0 Å². The van der Waals surface area contributed by atoms with E-state index in [2.05, 4.69) is 59.6 Å². The molecule has 8 nitrogen and oxygen atoms in total. The van der Waals surface area contributed by atoms with E-state index in [-0.39, 0.29) is 55.2 Å². The Kier molecular flexibility index (Phi) is 19.0. The molecular weight excluding hydrogens is 635 g/mol. The molecule has 0 aromatic rings. The lowest BCUT2D eigenvalue weighted by Crippen LogP contribution is -2.39. The van der Waals surface area contributed by atoms with Crippen LogP contribution in [0.4, 0.5) is 0 Å². The van der Waals surface area contributed by atoms with Crippen LogP contribution in [-0.4, -0.2) is 89.3 Å². The highest BCUT2D eigenvalue weighted by Gasteiger charge is 2.42. The predicted octanol–water partition coefficient (Wildman–Crippen LogP) is 7.73. The third kappa shape index (κ3) is 16.0. The second kappa shape index (κ2) is 19.2. The van der Waals surface area contributed by atoms with E-state index in [1.807, 2.05) is 6.92 Å². The minimum Gasteiger partial charge on any atom is -0.465 e. The van der Waals surface area contributed by atoms with Crippen LogP contribution in [0.1, 0.15) is 99.3 Å². The first kappa shape index (κ1) is 42.5. The van der Waals surface area contributed by atoms with Crippen LogP contribution in [0.5, 0.6) is 0 Å². The Balaban J connectivity index is 5.28. The van der Waals surface area contributed by atoms with Crippen LogP contribution in [0, 0.1) is 5.41 Å². The summed E-state index contributed by atoms with van der Waals surface area (Å²) in [5.41, 5.74) is -0.790. The first-order chi connectivity index (χ1) is 19.7. The van der Waals surface area contributed by atoms with Gasteiger partial charge in [0.25, 0.3) is 0 Å². The molecule has 256 valence electrons. The van der Waals surface area contributed by atoms with Crippen molar-refractivity contribution in [3.05, 3.63) is 0 Å². The van der Waals surface area contributed by atoms with E-state index >= 15 is 0 Å². The number of hydrogen-bond donors (Lipinski definition) is 0. The maximum Gasteiger partial charge on any atom is 0.306 e. The summed E-state index contributed by atoms with van der Waals surface area (Å²) in [6, 6.07) is 0. The van der Waals surface area contributed by atoms with Crippen LogP contribution in [0.3, 0.4) is 0 Å². The molecule has 0 bridgehead atoms. The second-order valence-electron chi connectivity index (χ2n) is 13.1. The van der Waals surface area contributed by atoms with Crippen LogP contribution in [0.15, 0.2) is 0 Å². The number of unbranched alkanes of at least 4 members (excludes halogenated alkanes) is 1. The van der Waals surface area contributed by atoms with E-state index < -0.39 is 48.2 Å². The Hall–Kier alpha value is -0.520. The van der Waals surface area contributed by atoms with Crippen molar-refractivity contribution >= 4 is 66.0 Å². The van der Waals surface area contributed by atoms with Gasteiger partial charge in [-0.3, -0.25) is 19.2 Å². The molecule has 0 saturated heterocycles. The highest BCUT2D eigenvalue weighted by molar-refractivity contribution is 8.34. The minimum absolute atomic E-state index is 0.0533. The molecule has 0 unspecified atom stereocenters. The highest BCUT2D eigenvalue weighted by Crippen LogP contribution is 2.65. The van der Waals surface area contributed by atoms with Gasteiger partial charge < -0.3 is 18.4 Å². The summed E-state index contributed by atoms with van der Waals surface area (Å²) in [5.74, 6) is 0.0562. The van der Waals surface area contributed by atoms with E-state index in [4.69, 9.17) is 41.6 Å². The first-order valence-electron chi connectivity index (χ1n) is 15.1. The summed E-state index contributed by atoms with van der Waals surface area (Å²) in [6.07, 6.45) is 13.3. The van der Waals surface area contributed by atoms with Crippen LogP contribution >= 0.6 is 43.5 Å². The van der Waals surface area contributed by atoms with E-state index in [0.717, 1.165) is 12.8 Å². The van der Waals surface area contributed by atoms with Crippen molar-refractivity contribution in [2.75, 3.05) is 57.2 Å². The highest BCUT2D eigenvalue weighted by atomic mass is 35.5. The summed E-state index contributed by atoms with van der Waals surface area (Å²) >= 11 is 10.7. The van der Waals surface area contributed by atoms with E-state index in [1.54, 1.807) is 0 Å².